The molecule has 5 heteroatoms. The number of thioether (sulfide) groups is 1. The molecule has 1 aromatic heterocycles. The lowest BCUT2D eigenvalue weighted by molar-refractivity contribution is 0.412. The fraction of sp³-hybridized carbons (Fsp3) is 0.571. The van der Waals surface area contributed by atoms with E-state index in [1.54, 1.807) is 18.0 Å². The van der Waals surface area contributed by atoms with E-state index in [4.69, 9.17) is 11.6 Å². The Morgan fingerprint density at radius 1 is 1.63 bits per heavy atom. The maximum Gasteiger partial charge on any atom is 0.115 e. The zero-order valence-electron chi connectivity index (χ0n) is 11.0. The SMILES string of the molecule is CC(C#N)(CCCSc1ncccc1Cl)NC1CC1. The topological polar surface area (TPSA) is 48.7 Å². The molecule has 2 rings (SSSR count). The van der Waals surface area contributed by atoms with E-state index in [0.29, 0.717) is 11.1 Å². The number of nitrogens with one attached hydrogen (secondary N) is 1. The van der Waals surface area contributed by atoms with Gasteiger partial charge in [-0.05, 0) is 50.5 Å². The van der Waals surface area contributed by atoms with E-state index in [2.05, 4.69) is 16.4 Å². The van der Waals surface area contributed by atoms with Crippen LogP contribution >= 0.6 is 23.4 Å². The first-order valence-electron chi connectivity index (χ1n) is 6.55. The fourth-order valence-corrected chi connectivity index (χ4v) is 3.02. The molecule has 102 valence electrons. The van der Waals surface area contributed by atoms with Crippen molar-refractivity contribution in [2.24, 2.45) is 0 Å². The number of hydrogen-bond acceptors (Lipinski definition) is 4. The van der Waals surface area contributed by atoms with Crippen LogP contribution in [-0.4, -0.2) is 22.3 Å². The molecule has 0 saturated heterocycles. The second kappa shape index (κ2) is 6.60. The zero-order chi connectivity index (χ0) is 13.7. The maximum atomic E-state index is 9.27. The van der Waals surface area contributed by atoms with Gasteiger partial charge in [0.15, 0.2) is 0 Å². The first kappa shape index (κ1) is 14.6. The van der Waals surface area contributed by atoms with Crippen LogP contribution < -0.4 is 5.32 Å². The summed E-state index contributed by atoms with van der Waals surface area (Å²) < 4.78 is 0. The predicted molar refractivity (Wildman–Crippen MR) is 79.4 cm³/mol. The van der Waals surface area contributed by atoms with Crippen molar-refractivity contribution in [1.82, 2.24) is 10.3 Å². The molecule has 1 unspecified atom stereocenters. The maximum absolute atomic E-state index is 9.27. The Bertz CT molecular complexity index is 470. The first-order valence-corrected chi connectivity index (χ1v) is 7.91. The highest BCUT2D eigenvalue weighted by Crippen LogP contribution is 2.27. The van der Waals surface area contributed by atoms with Crippen LogP contribution in [0.1, 0.15) is 32.6 Å². The molecular weight excluding hydrogens is 278 g/mol. The van der Waals surface area contributed by atoms with Crippen molar-refractivity contribution in [1.29, 1.82) is 5.26 Å². The van der Waals surface area contributed by atoms with Crippen LogP contribution in [0.15, 0.2) is 23.4 Å². The average molecular weight is 296 g/mol. The normalized spacial score (nSPS) is 17.7. The second-order valence-electron chi connectivity index (χ2n) is 5.10. The fourth-order valence-electron chi connectivity index (χ4n) is 1.91. The molecule has 1 atom stereocenters. The smallest absolute Gasteiger partial charge is 0.115 e. The molecular formula is C14H18ClN3S. The van der Waals surface area contributed by atoms with Gasteiger partial charge in [-0.25, -0.2) is 4.98 Å². The molecule has 1 fully saturated rings. The number of nitrogens with zero attached hydrogens (tertiary/aromatic N) is 2. The quantitative estimate of drug-likeness (QED) is 0.616. The van der Waals surface area contributed by atoms with Gasteiger partial charge in [-0.15, -0.1) is 11.8 Å². The van der Waals surface area contributed by atoms with Gasteiger partial charge in [0.2, 0.25) is 0 Å². The molecule has 1 heterocycles. The van der Waals surface area contributed by atoms with E-state index in [1.807, 2.05) is 19.1 Å². The van der Waals surface area contributed by atoms with Crippen molar-refractivity contribution in [3.63, 3.8) is 0 Å². The minimum atomic E-state index is -0.393. The molecule has 1 aliphatic rings. The minimum absolute atomic E-state index is 0.393. The van der Waals surface area contributed by atoms with Crippen molar-refractivity contribution < 1.29 is 0 Å². The largest absolute Gasteiger partial charge is 0.297 e. The monoisotopic (exact) mass is 295 g/mol. The van der Waals surface area contributed by atoms with Gasteiger partial charge in [0.25, 0.3) is 0 Å². The van der Waals surface area contributed by atoms with Gasteiger partial charge < -0.3 is 0 Å². The molecule has 3 nitrogen and oxygen atoms in total. The summed E-state index contributed by atoms with van der Waals surface area (Å²) in [7, 11) is 0. The number of halogens is 1. The van der Waals surface area contributed by atoms with Crippen LogP contribution in [0.4, 0.5) is 0 Å². The Hall–Kier alpha value is -0.760. The summed E-state index contributed by atoms with van der Waals surface area (Å²) in [6.07, 6.45) is 5.99. The van der Waals surface area contributed by atoms with Crippen molar-refractivity contribution in [3.8, 4) is 6.07 Å². The number of nitriles is 1. The summed E-state index contributed by atoms with van der Waals surface area (Å²) in [6.45, 7) is 1.99. The number of hydrogen-bond donors (Lipinski definition) is 1. The molecule has 0 radical (unpaired) electrons. The summed E-state index contributed by atoms with van der Waals surface area (Å²) in [5.74, 6) is 0.931. The molecule has 1 aliphatic carbocycles. The Labute approximate surface area is 123 Å². The van der Waals surface area contributed by atoms with Crippen molar-refractivity contribution >= 4 is 23.4 Å². The minimum Gasteiger partial charge on any atom is -0.297 e. The second-order valence-corrected chi connectivity index (χ2v) is 6.60. The number of pyridine rings is 1. The highest BCUT2D eigenvalue weighted by Gasteiger charge is 2.31. The van der Waals surface area contributed by atoms with Crippen molar-refractivity contribution in [2.75, 3.05) is 5.75 Å². The van der Waals surface area contributed by atoms with E-state index >= 15 is 0 Å². The summed E-state index contributed by atoms with van der Waals surface area (Å²) in [4.78, 5) is 4.24. The van der Waals surface area contributed by atoms with E-state index in [9.17, 15) is 5.26 Å². The van der Waals surface area contributed by atoms with Crippen LogP contribution in [0.3, 0.4) is 0 Å². The third kappa shape index (κ3) is 4.68. The van der Waals surface area contributed by atoms with Crippen LogP contribution in [0, 0.1) is 11.3 Å². The molecule has 0 aliphatic heterocycles. The van der Waals surface area contributed by atoms with E-state index < -0.39 is 5.54 Å². The Balaban J connectivity index is 1.74. The van der Waals surface area contributed by atoms with Gasteiger partial charge in [-0.1, -0.05) is 11.6 Å². The Morgan fingerprint density at radius 2 is 2.42 bits per heavy atom. The van der Waals surface area contributed by atoms with E-state index in [1.165, 1.54) is 12.8 Å². The molecule has 1 N–H and O–H groups in total. The van der Waals surface area contributed by atoms with Gasteiger partial charge in [-0.3, -0.25) is 5.32 Å². The number of rotatable bonds is 7. The van der Waals surface area contributed by atoms with Gasteiger partial charge in [0, 0.05) is 12.2 Å². The molecule has 1 saturated carbocycles. The standard InChI is InChI=1S/C14H18ClN3S/c1-14(10-16,18-11-5-6-11)7-3-9-19-13-12(15)4-2-8-17-13/h2,4,8,11,18H,3,5-7,9H2,1H3. The third-order valence-electron chi connectivity index (χ3n) is 3.13. The summed E-state index contributed by atoms with van der Waals surface area (Å²) in [5, 5.41) is 14.3. The molecule has 0 bridgehead atoms. The van der Waals surface area contributed by atoms with Crippen molar-refractivity contribution in [3.05, 3.63) is 23.4 Å². The lowest BCUT2D eigenvalue weighted by Gasteiger charge is -2.23. The molecule has 1 aromatic rings. The van der Waals surface area contributed by atoms with Crippen LogP contribution in [0.5, 0.6) is 0 Å². The summed E-state index contributed by atoms with van der Waals surface area (Å²) in [6, 6.07) is 6.64. The van der Waals surface area contributed by atoms with E-state index in [-0.39, 0.29) is 0 Å². The van der Waals surface area contributed by atoms with E-state index in [0.717, 1.165) is 23.6 Å². The first-order chi connectivity index (χ1) is 9.13. The highest BCUT2D eigenvalue weighted by atomic mass is 35.5. The van der Waals surface area contributed by atoms with Gasteiger partial charge in [0.1, 0.15) is 10.6 Å². The number of aromatic nitrogens is 1. The Kier molecular flexibility index (Phi) is 5.09. The summed E-state index contributed by atoms with van der Waals surface area (Å²) in [5.41, 5.74) is -0.393. The predicted octanol–water partition coefficient (Wildman–Crippen LogP) is 3.64. The van der Waals surface area contributed by atoms with Gasteiger partial charge in [0.05, 0.1) is 11.1 Å². The van der Waals surface area contributed by atoms with Crippen LogP contribution in [-0.2, 0) is 0 Å². The third-order valence-corrected chi connectivity index (χ3v) is 4.64. The zero-order valence-corrected chi connectivity index (χ0v) is 12.6. The lowest BCUT2D eigenvalue weighted by atomic mass is 9.98. The molecule has 19 heavy (non-hydrogen) atoms. The van der Waals surface area contributed by atoms with Crippen LogP contribution in [0.25, 0.3) is 0 Å². The lowest BCUT2D eigenvalue weighted by Crippen LogP contribution is -2.42. The van der Waals surface area contributed by atoms with Crippen LogP contribution in [0.2, 0.25) is 5.02 Å². The average Bonchev–Trinajstić information content (AvgIpc) is 3.20. The van der Waals surface area contributed by atoms with Gasteiger partial charge >= 0.3 is 0 Å². The Morgan fingerprint density at radius 3 is 3.05 bits per heavy atom. The molecule has 0 spiro atoms. The summed E-state index contributed by atoms with van der Waals surface area (Å²) >= 11 is 7.70. The van der Waals surface area contributed by atoms with Crippen molar-refractivity contribution in [2.45, 2.75) is 49.2 Å². The highest BCUT2D eigenvalue weighted by molar-refractivity contribution is 7.99. The van der Waals surface area contributed by atoms with Gasteiger partial charge in [-0.2, -0.15) is 5.26 Å². The molecule has 0 amide bonds. The molecule has 0 aromatic carbocycles.